The van der Waals surface area contributed by atoms with Gasteiger partial charge in [0.15, 0.2) is 5.82 Å². The van der Waals surface area contributed by atoms with Crippen molar-refractivity contribution in [3.05, 3.63) is 59.5 Å². The van der Waals surface area contributed by atoms with E-state index in [1.54, 1.807) is 32.2 Å². The monoisotopic (exact) mass is 435 g/mol. The molecule has 0 bridgehead atoms. The molecule has 1 aliphatic heterocycles. The highest BCUT2D eigenvalue weighted by atomic mass is 19.1. The molecule has 0 spiro atoms. The van der Waals surface area contributed by atoms with Crippen molar-refractivity contribution in [1.82, 2.24) is 14.8 Å². The number of methoxy groups -OCH3 is 1. The molecule has 166 valence electrons. The largest absolute Gasteiger partial charge is 0.497 e. The molecule has 7 heteroatoms. The number of H-pyrrole nitrogens is 1. The first kappa shape index (κ1) is 21.6. The highest BCUT2D eigenvalue weighted by molar-refractivity contribution is 6.04. The normalized spacial score (nSPS) is 13.8. The number of benzene rings is 2. The van der Waals surface area contributed by atoms with Gasteiger partial charge in [-0.3, -0.25) is 9.59 Å². The SMILES string of the molecule is COc1ccc(-c2cc(C3=CCCN(C(C)=O)C3)c(F)c3[nH]c(C(=O)N(C)C)cc23)cc1. The molecule has 1 N–H and O–H groups in total. The number of hydrogen-bond donors (Lipinski definition) is 1. The summed E-state index contributed by atoms with van der Waals surface area (Å²) in [7, 11) is 4.91. The standard InChI is InChI=1S/C25H26FN3O3/c1-15(30)29-11-5-6-17(14-29)20-12-19(16-7-9-18(32-4)10-8-16)21-13-22(25(31)28(2)3)27-24(21)23(20)26/h6-10,12-13,27H,5,11,14H2,1-4H3. The van der Waals surface area contributed by atoms with E-state index in [1.807, 2.05) is 36.4 Å². The van der Waals surface area contributed by atoms with E-state index in [9.17, 15) is 9.59 Å². The Morgan fingerprint density at radius 3 is 2.47 bits per heavy atom. The van der Waals surface area contributed by atoms with Crippen LogP contribution >= 0.6 is 0 Å². The van der Waals surface area contributed by atoms with E-state index in [4.69, 9.17) is 4.74 Å². The van der Waals surface area contributed by atoms with Crippen molar-refractivity contribution < 1.29 is 18.7 Å². The van der Waals surface area contributed by atoms with Gasteiger partial charge in [-0.1, -0.05) is 18.2 Å². The number of ether oxygens (including phenoxy) is 1. The van der Waals surface area contributed by atoms with Gasteiger partial charge in [0.25, 0.3) is 5.91 Å². The molecule has 1 aromatic heterocycles. The number of rotatable bonds is 4. The van der Waals surface area contributed by atoms with Gasteiger partial charge in [0.05, 0.1) is 12.6 Å². The molecule has 0 atom stereocenters. The van der Waals surface area contributed by atoms with Crippen LogP contribution in [0.3, 0.4) is 0 Å². The lowest BCUT2D eigenvalue weighted by atomic mass is 9.93. The number of aromatic amines is 1. The minimum Gasteiger partial charge on any atom is -0.497 e. The molecular weight excluding hydrogens is 409 g/mol. The van der Waals surface area contributed by atoms with Crippen molar-refractivity contribution in [2.24, 2.45) is 0 Å². The number of carbonyl (C=O) groups is 2. The van der Waals surface area contributed by atoms with E-state index in [1.165, 1.54) is 11.8 Å². The first-order chi connectivity index (χ1) is 15.3. The van der Waals surface area contributed by atoms with Crippen molar-refractivity contribution >= 4 is 28.3 Å². The first-order valence-corrected chi connectivity index (χ1v) is 10.5. The molecule has 3 aromatic rings. The number of hydrogen-bond acceptors (Lipinski definition) is 3. The van der Waals surface area contributed by atoms with E-state index >= 15 is 4.39 Å². The quantitative estimate of drug-likeness (QED) is 0.664. The number of amides is 2. The van der Waals surface area contributed by atoms with Crippen LogP contribution in [0.2, 0.25) is 0 Å². The van der Waals surface area contributed by atoms with Gasteiger partial charge in [-0.2, -0.15) is 0 Å². The van der Waals surface area contributed by atoms with E-state index in [-0.39, 0.29) is 17.3 Å². The lowest BCUT2D eigenvalue weighted by Crippen LogP contribution is -2.33. The van der Waals surface area contributed by atoms with Crippen LogP contribution < -0.4 is 4.74 Å². The Hall–Kier alpha value is -3.61. The minimum absolute atomic E-state index is 0.0359. The molecule has 2 heterocycles. The van der Waals surface area contributed by atoms with E-state index in [0.29, 0.717) is 36.2 Å². The molecule has 2 amide bonds. The average Bonchev–Trinajstić information content (AvgIpc) is 3.25. The Labute approximate surface area is 186 Å². The second kappa shape index (κ2) is 8.49. The summed E-state index contributed by atoms with van der Waals surface area (Å²) >= 11 is 0. The molecule has 1 aliphatic rings. The van der Waals surface area contributed by atoms with Crippen molar-refractivity contribution in [1.29, 1.82) is 0 Å². The lowest BCUT2D eigenvalue weighted by Gasteiger charge is -2.27. The number of fused-ring (bicyclic) bond motifs is 1. The van der Waals surface area contributed by atoms with Gasteiger partial charge in [-0.15, -0.1) is 0 Å². The van der Waals surface area contributed by atoms with Crippen LogP contribution in [0.5, 0.6) is 5.75 Å². The molecule has 2 aromatic carbocycles. The van der Waals surface area contributed by atoms with Crippen LogP contribution in [-0.4, -0.2) is 60.9 Å². The molecule has 6 nitrogen and oxygen atoms in total. The van der Waals surface area contributed by atoms with Crippen LogP contribution in [-0.2, 0) is 4.79 Å². The number of carbonyl (C=O) groups excluding carboxylic acids is 2. The third-order valence-electron chi connectivity index (χ3n) is 5.83. The summed E-state index contributed by atoms with van der Waals surface area (Å²) in [6.45, 7) is 2.50. The predicted octanol–water partition coefficient (Wildman–Crippen LogP) is 4.32. The van der Waals surface area contributed by atoms with Gasteiger partial charge >= 0.3 is 0 Å². The summed E-state index contributed by atoms with van der Waals surface area (Å²) in [6.07, 6.45) is 2.65. The molecule has 0 saturated heterocycles. The molecule has 0 radical (unpaired) electrons. The maximum Gasteiger partial charge on any atom is 0.269 e. The zero-order chi connectivity index (χ0) is 23.0. The Kier molecular flexibility index (Phi) is 5.74. The molecule has 0 unspecified atom stereocenters. The van der Waals surface area contributed by atoms with Crippen LogP contribution in [0.4, 0.5) is 4.39 Å². The predicted molar refractivity (Wildman–Crippen MR) is 123 cm³/mol. The minimum atomic E-state index is -0.424. The third-order valence-corrected chi connectivity index (χ3v) is 5.83. The molecular formula is C25H26FN3O3. The summed E-state index contributed by atoms with van der Waals surface area (Å²) in [5.74, 6) is 0.0253. The third kappa shape index (κ3) is 3.86. The zero-order valence-corrected chi connectivity index (χ0v) is 18.7. The summed E-state index contributed by atoms with van der Waals surface area (Å²) in [5.41, 5.74) is 3.46. The Morgan fingerprint density at radius 1 is 1.12 bits per heavy atom. The van der Waals surface area contributed by atoms with Gasteiger partial charge in [0, 0.05) is 45.1 Å². The van der Waals surface area contributed by atoms with Gasteiger partial charge in [0.1, 0.15) is 11.4 Å². The molecule has 4 rings (SSSR count). The van der Waals surface area contributed by atoms with Gasteiger partial charge in [-0.05, 0) is 47.4 Å². The maximum atomic E-state index is 15.8. The summed E-state index contributed by atoms with van der Waals surface area (Å²) in [5, 5.41) is 0.626. The maximum absolute atomic E-state index is 15.8. The van der Waals surface area contributed by atoms with Crippen LogP contribution in [0.1, 0.15) is 29.4 Å². The first-order valence-electron chi connectivity index (χ1n) is 10.5. The summed E-state index contributed by atoms with van der Waals surface area (Å²) in [6, 6.07) is 11.0. The second-order valence-corrected chi connectivity index (χ2v) is 8.14. The van der Waals surface area contributed by atoms with Gasteiger partial charge < -0.3 is 19.5 Å². The highest BCUT2D eigenvalue weighted by Crippen LogP contribution is 2.37. The summed E-state index contributed by atoms with van der Waals surface area (Å²) < 4.78 is 21.0. The average molecular weight is 435 g/mol. The van der Waals surface area contributed by atoms with E-state index < -0.39 is 5.82 Å². The van der Waals surface area contributed by atoms with Crippen LogP contribution in [0.15, 0.2) is 42.5 Å². The highest BCUT2D eigenvalue weighted by Gasteiger charge is 2.24. The Balaban J connectivity index is 1.93. The van der Waals surface area contributed by atoms with Crippen molar-refractivity contribution in [2.75, 3.05) is 34.3 Å². The van der Waals surface area contributed by atoms with Crippen LogP contribution in [0, 0.1) is 5.82 Å². The lowest BCUT2D eigenvalue weighted by molar-refractivity contribution is -0.128. The van der Waals surface area contributed by atoms with Gasteiger partial charge in [-0.25, -0.2) is 4.39 Å². The van der Waals surface area contributed by atoms with E-state index in [0.717, 1.165) is 22.4 Å². The number of nitrogens with one attached hydrogen (secondary N) is 1. The Morgan fingerprint density at radius 2 is 1.84 bits per heavy atom. The van der Waals surface area contributed by atoms with Crippen molar-refractivity contribution in [3.63, 3.8) is 0 Å². The zero-order valence-electron chi connectivity index (χ0n) is 18.7. The number of nitrogens with zero attached hydrogens (tertiary/aromatic N) is 2. The van der Waals surface area contributed by atoms with Crippen molar-refractivity contribution in [2.45, 2.75) is 13.3 Å². The second-order valence-electron chi connectivity index (χ2n) is 8.14. The molecule has 32 heavy (non-hydrogen) atoms. The number of halogens is 1. The summed E-state index contributed by atoms with van der Waals surface area (Å²) in [4.78, 5) is 30.6. The smallest absolute Gasteiger partial charge is 0.269 e. The molecule has 0 aliphatic carbocycles. The molecule has 0 fully saturated rings. The fraction of sp³-hybridized carbons (Fsp3) is 0.280. The number of aromatic nitrogens is 1. The fourth-order valence-electron chi connectivity index (χ4n) is 4.07. The fourth-order valence-corrected chi connectivity index (χ4v) is 4.07. The van der Waals surface area contributed by atoms with E-state index in [2.05, 4.69) is 4.98 Å². The van der Waals surface area contributed by atoms with Gasteiger partial charge in [0.2, 0.25) is 5.91 Å². The van der Waals surface area contributed by atoms with Crippen molar-refractivity contribution in [3.8, 4) is 16.9 Å². The van der Waals surface area contributed by atoms with Crippen LogP contribution in [0.25, 0.3) is 27.6 Å². The topological polar surface area (TPSA) is 65.6 Å². The molecule has 0 saturated carbocycles. The Bertz CT molecular complexity index is 1230.